The molecule has 7 heteroatoms. The fourth-order valence-electron chi connectivity index (χ4n) is 1.04. The van der Waals surface area contributed by atoms with Crippen molar-refractivity contribution >= 4 is 11.9 Å². The van der Waals surface area contributed by atoms with Crippen LogP contribution in [0.1, 0.15) is 25.7 Å². The highest BCUT2D eigenvalue weighted by atomic mass is 16.4. The van der Waals surface area contributed by atoms with E-state index in [0.29, 0.717) is 31.4 Å². The summed E-state index contributed by atoms with van der Waals surface area (Å²) in [5.74, 6) is 0.380. The Kier molecular flexibility index (Phi) is 5.27. The van der Waals surface area contributed by atoms with Gasteiger partial charge in [0.05, 0.1) is 6.54 Å². The third-order valence-corrected chi connectivity index (χ3v) is 1.84. The number of anilines is 1. The molecule has 1 rings (SSSR count). The third-order valence-electron chi connectivity index (χ3n) is 1.84. The normalized spacial score (nSPS) is 10.1. The largest absolute Gasteiger partial charge is 0.407 e. The Hall–Kier alpha value is -1.63. The van der Waals surface area contributed by atoms with Gasteiger partial charge in [-0.05, 0) is 6.42 Å². The summed E-state index contributed by atoms with van der Waals surface area (Å²) in [6.45, 7) is 3.38. The molecule has 0 saturated carbocycles. The van der Waals surface area contributed by atoms with Crippen LogP contribution in [-0.4, -0.2) is 29.2 Å². The van der Waals surface area contributed by atoms with Crippen LogP contribution in [0.2, 0.25) is 0 Å². The summed E-state index contributed by atoms with van der Waals surface area (Å²) in [6, 6.07) is 0.295. The summed E-state index contributed by atoms with van der Waals surface area (Å²) in [6.07, 6.45) is 1.31. The topological polar surface area (TPSA) is 106 Å². The van der Waals surface area contributed by atoms with E-state index < -0.39 is 0 Å². The minimum absolute atomic E-state index is 0.00733. The second-order valence-electron chi connectivity index (χ2n) is 3.23. The van der Waals surface area contributed by atoms with Gasteiger partial charge in [0.2, 0.25) is 11.8 Å². The minimum Gasteiger partial charge on any atom is -0.407 e. The Balaban J connectivity index is 2.17. The zero-order valence-electron chi connectivity index (χ0n) is 9.32. The molecule has 90 valence electrons. The maximum atomic E-state index is 11.2. The molecule has 16 heavy (non-hydrogen) atoms. The molecule has 0 aliphatic carbocycles. The molecular weight excluding hydrogens is 210 g/mol. The van der Waals surface area contributed by atoms with Crippen molar-refractivity contribution in [2.45, 2.75) is 26.3 Å². The number of nitrogens with zero attached hydrogens (tertiary/aromatic N) is 2. The van der Waals surface area contributed by atoms with Crippen LogP contribution in [-0.2, 0) is 11.3 Å². The van der Waals surface area contributed by atoms with Gasteiger partial charge in [-0.1, -0.05) is 12.0 Å². The first kappa shape index (κ1) is 12.4. The van der Waals surface area contributed by atoms with E-state index in [4.69, 9.17) is 10.2 Å². The number of carbonyl (C=O) groups excluding carboxylic acids is 1. The van der Waals surface area contributed by atoms with Gasteiger partial charge in [-0.3, -0.25) is 4.79 Å². The van der Waals surface area contributed by atoms with Gasteiger partial charge in [0, 0.05) is 19.5 Å². The molecule has 0 atom stereocenters. The maximum absolute atomic E-state index is 11.2. The van der Waals surface area contributed by atoms with Gasteiger partial charge in [-0.15, -0.1) is 5.10 Å². The Morgan fingerprint density at radius 3 is 2.88 bits per heavy atom. The van der Waals surface area contributed by atoms with Crippen LogP contribution in [0.25, 0.3) is 0 Å². The van der Waals surface area contributed by atoms with Crippen molar-refractivity contribution < 1.29 is 9.21 Å². The molecule has 0 saturated heterocycles. The van der Waals surface area contributed by atoms with Gasteiger partial charge in [0.25, 0.3) is 0 Å². The molecule has 1 heterocycles. The number of nitrogens with one attached hydrogen (secondary N) is 2. The predicted octanol–water partition coefficient (Wildman–Crippen LogP) is -0.143. The highest BCUT2D eigenvalue weighted by Crippen LogP contribution is 2.03. The monoisotopic (exact) mass is 227 g/mol. The summed E-state index contributed by atoms with van der Waals surface area (Å²) in [5.41, 5.74) is 5.31. The predicted molar refractivity (Wildman–Crippen MR) is 58.6 cm³/mol. The van der Waals surface area contributed by atoms with Crippen LogP contribution in [0.3, 0.4) is 0 Å². The van der Waals surface area contributed by atoms with Crippen LogP contribution < -0.4 is 16.4 Å². The van der Waals surface area contributed by atoms with Gasteiger partial charge in [-0.2, -0.15) is 0 Å². The van der Waals surface area contributed by atoms with Crippen molar-refractivity contribution in [3.8, 4) is 0 Å². The number of aromatic nitrogens is 2. The number of rotatable bonds is 7. The first-order chi connectivity index (χ1) is 7.76. The molecule has 0 fully saturated rings. The summed E-state index contributed by atoms with van der Waals surface area (Å²) < 4.78 is 5.11. The lowest BCUT2D eigenvalue weighted by atomic mass is 10.4. The molecule has 0 aliphatic rings. The molecule has 0 unspecified atom stereocenters. The molecule has 0 radical (unpaired) electrons. The first-order valence-corrected chi connectivity index (χ1v) is 5.29. The lowest BCUT2D eigenvalue weighted by Gasteiger charge is -2.03. The molecule has 1 aromatic rings. The van der Waals surface area contributed by atoms with Crippen molar-refractivity contribution in [2.75, 3.05) is 18.4 Å². The van der Waals surface area contributed by atoms with E-state index in [9.17, 15) is 4.79 Å². The second-order valence-corrected chi connectivity index (χ2v) is 3.23. The second kappa shape index (κ2) is 6.78. The number of nitrogens with two attached hydrogens (primary N) is 1. The van der Waals surface area contributed by atoms with Crippen LogP contribution >= 0.6 is 0 Å². The van der Waals surface area contributed by atoms with Crippen molar-refractivity contribution in [3.63, 3.8) is 0 Å². The van der Waals surface area contributed by atoms with E-state index in [2.05, 4.69) is 20.8 Å². The number of hydrogen-bond acceptors (Lipinski definition) is 6. The minimum atomic E-state index is 0.00733. The van der Waals surface area contributed by atoms with E-state index in [1.165, 1.54) is 0 Å². The van der Waals surface area contributed by atoms with E-state index >= 15 is 0 Å². The Morgan fingerprint density at radius 2 is 2.25 bits per heavy atom. The van der Waals surface area contributed by atoms with Crippen LogP contribution in [0.4, 0.5) is 6.01 Å². The van der Waals surface area contributed by atoms with Gasteiger partial charge in [0.1, 0.15) is 0 Å². The fourth-order valence-corrected chi connectivity index (χ4v) is 1.04. The molecule has 0 bridgehead atoms. The van der Waals surface area contributed by atoms with Gasteiger partial charge >= 0.3 is 6.01 Å². The molecule has 1 aromatic heterocycles. The van der Waals surface area contributed by atoms with Gasteiger partial charge in [0.15, 0.2) is 0 Å². The van der Waals surface area contributed by atoms with Crippen LogP contribution in [0.5, 0.6) is 0 Å². The van der Waals surface area contributed by atoms with Gasteiger partial charge < -0.3 is 20.8 Å². The van der Waals surface area contributed by atoms with Crippen LogP contribution in [0, 0.1) is 0 Å². The Labute approximate surface area is 93.8 Å². The molecule has 7 nitrogen and oxygen atoms in total. The molecule has 0 aromatic carbocycles. The highest BCUT2D eigenvalue weighted by molar-refractivity contribution is 5.76. The Morgan fingerprint density at radius 1 is 1.44 bits per heavy atom. The zero-order chi connectivity index (χ0) is 11.8. The molecule has 4 N–H and O–H groups in total. The van der Waals surface area contributed by atoms with Crippen molar-refractivity contribution in [3.05, 3.63) is 5.89 Å². The van der Waals surface area contributed by atoms with E-state index in [1.807, 2.05) is 6.92 Å². The SMILES string of the molecule is CCCNC(=O)CCNc1nnc(CN)o1. The molecule has 0 aliphatic heterocycles. The van der Waals surface area contributed by atoms with Crippen molar-refractivity contribution in [1.82, 2.24) is 15.5 Å². The Bertz CT molecular complexity index is 325. The number of amides is 1. The van der Waals surface area contributed by atoms with E-state index in [0.717, 1.165) is 6.42 Å². The lowest BCUT2D eigenvalue weighted by Crippen LogP contribution is -2.25. The molecule has 1 amide bonds. The number of carbonyl (C=O) groups is 1. The van der Waals surface area contributed by atoms with E-state index in [1.54, 1.807) is 0 Å². The third kappa shape index (κ3) is 4.26. The quantitative estimate of drug-likeness (QED) is 0.598. The van der Waals surface area contributed by atoms with Crippen molar-refractivity contribution in [1.29, 1.82) is 0 Å². The summed E-state index contributed by atoms with van der Waals surface area (Å²) in [4.78, 5) is 11.2. The van der Waals surface area contributed by atoms with Crippen LogP contribution in [0.15, 0.2) is 4.42 Å². The zero-order valence-corrected chi connectivity index (χ0v) is 9.32. The molecular formula is C9H17N5O2. The standard InChI is InChI=1S/C9H17N5O2/c1-2-4-11-7(15)3-5-12-9-14-13-8(6-10)16-9/h2-6,10H2,1H3,(H,11,15)(H,12,14). The molecule has 0 spiro atoms. The summed E-state index contributed by atoms with van der Waals surface area (Å²) in [5, 5.41) is 13.0. The maximum Gasteiger partial charge on any atom is 0.315 e. The average molecular weight is 227 g/mol. The van der Waals surface area contributed by atoms with E-state index in [-0.39, 0.29) is 12.5 Å². The average Bonchev–Trinajstić information content (AvgIpc) is 2.74. The highest BCUT2D eigenvalue weighted by Gasteiger charge is 2.04. The smallest absolute Gasteiger partial charge is 0.315 e. The number of hydrogen-bond donors (Lipinski definition) is 3. The summed E-state index contributed by atoms with van der Waals surface area (Å²) >= 11 is 0. The lowest BCUT2D eigenvalue weighted by molar-refractivity contribution is -0.120. The first-order valence-electron chi connectivity index (χ1n) is 5.29. The fraction of sp³-hybridized carbons (Fsp3) is 0.667. The summed E-state index contributed by atoms with van der Waals surface area (Å²) in [7, 11) is 0. The van der Waals surface area contributed by atoms with Crippen molar-refractivity contribution in [2.24, 2.45) is 5.73 Å². The van der Waals surface area contributed by atoms with Gasteiger partial charge in [-0.25, -0.2) is 0 Å².